The van der Waals surface area contributed by atoms with Crippen LogP contribution in [0.25, 0.3) is 0 Å². The second kappa shape index (κ2) is 4.97. The molecule has 0 bridgehead atoms. The van der Waals surface area contributed by atoms with Gasteiger partial charge in [-0.3, -0.25) is 0 Å². The number of hydrogen-bond acceptors (Lipinski definition) is 1. The summed E-state index contributed by atoms with van der Waals surface area (Å²) in [5.41, 5.74) is 0. The van der Waals surface area contributed by atoms with Crippen molar-refractivity contribution in [2.75, 3.05) is 7.05 Å². The quantitative estimate of drug-likeness (QED) is 0.625. The molecule has 0 aromatic carbocycles. The minimum absolute atomic E-state index is 0. The maximum Gasteiger partial charge on any atom is 0.00896 e. The van der Waals surface area contributed by atoms with Gasteiger partial charge in [0, 0.05) is 6.04 Å². The van der Waals surface area contributed by atoms with E-state index >= 15 is 0 Å². The Morgan fingerprint density at radius 1 is 1.20 bits per heavy atom. The van der Waals surface area contributed by atoms with Crippen LogP contribution in [0.15, 0.2) is 0 Å². The van der Waals surface area contributed by atoms with Gasteiger partial charge in [-0.25, -0.2) is 0 Å². The first kappa shape index (κ1) is 10.2. The third-order valence-electron chi connectivity index (χ3n) is 2.48. The topological polar surface area (TPSA) is 12.0 Å². The smallest absolute Gasteiger partial charge is 0.00896 e. The van der Waals surface area contributed by atoms with E-state index in [0.717, 1.165) is 12.0 Å². The van der Waals surface area contributed by atoms with Crippen molar-refractivity contribution >= 4 is 12.4 Å². The van der Waals surface area contributed by atoms with E-state index in [-0.39, 0.29) is 12.4 Å². The molecular weight excluding hydrogens is 146 g/mol. The summed E-state index contributed by atoms with van der Waals surface area (Å²) in [6, 6.07) is 0.804. The molecule has 0 unspecified atom stereocenters. The molecule has 2 heteroatoms. The summed E-state index contributed by atoms with van der Waals surface area (Å²) in [7, 11) is 2.08. The van der Waals surface area contributed by atoms with Crippen LogP contribution in [-0.2, 0) is 0 Å². The Balaban J connectivity index is 0.000000810. The first-order valence-electron chi connectivity index (χ1n) is 4.02. The zero-order valence-electron chi connectivity index (χ0n) is 6.89. The van der Waals surface area contributed by atoms with Crippen LogP contribution in [0.2, 0.25) is 0 Å². The zero-order chi connectivity index (χ0) is 6.69. The maximum atomic E-state index is 3.35. The fourth-order valence-corrected chi connectivity index (χ4v) is 1.75. The van der Waals surface area contributed by atoms with E-state index in [1.807, 2.05) is 0 Å². The fraction of sp³-hybridized carbons (Fsp3) is 1.00. The van der Waals surface area contributed by atoms with Crippen LogP contribution in [0.4, 0.5) is 0 Å². The van der Waals surface area contributed by atoms with Crippen LogP contribution in [0.5, 0.6) is 0 Å². The summed E-state index contributed by atoms with van der Waals surface area (Å²) in [6.07, 6.45) is 5.68. The Hall–Kier alpha value is 0.250. The Kier molecular flexibility index (Phi) is 5.10. The Morgan fingerprint density at radius 3 is 2.20 bits per heavy atom. The van der Waals surface area contributed by atoms with Gasteiger partial charge < -0.3 is 5.32 Å². The summed E-state index contributed by atoms with van der Waals surface area (Å²) in [5, 5.41) is 3.35. The largest absolute Gasteiger partial charge is 0.317 e. The fourth-order valence-electron chi connectivity index (χ4n) is 1.75. The Morgan fingerprint density at radius 2 is 1.80 bits per heavy atom. The molecule has 1 aliphatic rings. The SMILES string of the molecule is CN[C@H]1CCCC[C@H]1C.Cl. The van der Waals surface area contributed by atoms with Crippen LogP contribution >= 0.6 is 12.4 Å². The van der Waals surface area contributed by atoms with Crippen LogP contribution in [0, 0.1) is 5.92 Å². The van der Waals surface area contributed by atoms with Crippen molar-refractivity contribution in [3.8, 4) is 0 Å². The lowest BCUT2D eigenvalue weighted by Gasteiger charge is -2.27. The number of rotatable bonds is 1. The summed E-state index contributed by atoms with van der Waals surface area (Å²) in [5.74, 6) is 0.906. The van der Waals surface area contributed by atoms with Gasteiger partial charge in [0.2, 0.25) is 0 Å². The van der Waals surface area contributed by atoms with E-state index in [4.69, 9.17) is 0 Å². The van der Waals surface area contributed by atoms with E-state index in [1.165, 1.54) is 25.7 Å². The molecule has 1 nitrogen and oxygen atoms in total. The average molecular weight is 164 g/mol. The van der Waals surface area contributed by atoms with Gasteiger partial charge in [-0.2, -0.15) is 0 Å². The molecular formula is C8H18ClN. The highest BCUT2D eigenvalue weighted by Crippen LogP contribution is 2.22. The number of halogens is 1. The lowest BCUT2D eigenvalue weighted by atomic mass is 9.86. The molecule has 0 saturated heterocycles. The third kappa shape index (κ3) is 2.47. The number of hydrogen-bond donors (Lipinski definition) is 1. The second-order valence-corrected chi connectivity index (χ2v) is 3.16. The van der Waals surface area contributed by atoms with Gasteiger partial charge in [-0.1, -0.05) is 19.8 Å². The highest BCUT2D eigenvalue weighted by Gasteiger charge is 2.18. The average Bonchev–Trinajstić information content (AvgIpc) is 1.89. The van der Waals surface area contributed by atoms with Crippen molar-refractivity contribution in [2.45, 2.75) is 38.6 Å². The minimum atomic E-state index is 0. The molecule has 2 atom stereocenters. The summed E-state index contributed by atoms with van der Waals surface area (Å²) in [6.45, 7) is 2.35. The van der Waals surface area contributed by atoms with Crippen molar-refractivity contribution < 1.29 is 0 Å². The molecule has 0 amide bonds. The molecule has 0 aromatic heterocycles. The monoisotopic (exact) mass is 163 g/mol. The van der Waals surface area contributed by atoms with Gasteiger partial charge in [-0.05, 0) is 25.8 Å². The van der Waals surface area contributed by atoms with Gasteiger partial charge in [0.25, 0.3) is 0 Å². The first-order valence-corrected chi connectivity index (χ1v) is 4.02. The molecule has 1 aliphatic carbocycles. The van der Waals surface area contributed by atoms with Crippen molar-refractivity contribution in [1.82, 2.24) is 5.32 Å². The predicted octanol–water partition coefficient (Wildman–Crippen LogP) is 2.21. The normalized spacial score (nSPS) is 33.0. The lowest BCUT2D eigenvalue weighted by Crippen LogP contribution is -2.34. The van der Waals surface area contributed by atoms with Gasteiger partial charge in [-0.15, -0.1) is 12.4 Å². The van der Waals surface area contributed by atoms with Gasteiger partial charge in [0.05, 0.1) is 0 Å². The van der Waals surface area contributed by atoms with E-state index in [1.54, 1.807) is 0 Å². The van der Waals surface area contributed by atoms with Crippen molar-refractivity contribution in [1.29, 1.82) is 0 Å². The van der Waals surface area contributed by atoms with Gasteiger partial charge in [0.15, 0.2) is 0 Å². The van der Waals surface area contributed by atoms with Gasteiger partial charge >= 0.3 is 0 Å². The molecule has 1 saturated carbocycles. The van der Waals surface area contributed by atoms with Gasteiger partial charge in [0.1, 0.15) is 0 Å². The Bertz CT molecular complexity index is 85.3. The molecule has 1 N–H and O–H groups in total. The van der Waals surface area contributed by atoms with E-state index < -0.39 is 0 Å². The highest BCUT2D eigenvalue weighted by molar-refractivity contribution is 5.85. The number of nitrogens with one attached hydrogen (secondary N) is 1. The molecule has 10 heavy (non-hydrogen) atoms. The maximum absolute atomic E-state index is 3.35. The molecule has 1 fully saturated rings. The summed E-state index contributed by atoms with van der Waals surface area (Å²) in [4.78, 5) is 0. The Labute approximate surface area is 70.0 Å². The van der Waals surface area contributed by atoms with Crippen LogP contribution in [-0.4, -0.2) is 13.1 Å². The molecule has 1 rings (SSSR count). The molecule has 0 spiro atoms. The van der Waals surface area contributed by atoms with E-state index in [2.05, 4.69) is 19.3 Å². The van der Waals surface area contributed by atoms with E-state index in [0.29, 0.717) is 0 Å². The van der Waals surface area contributed by atoms with Crippen molar-refractivity contribution in [2.24, 2.45) is 5.92 Å². The van der Waals surface area contributed by atoms with Crippen molar-refractivity contribution in [3.05, 3.63) is 0 Å². The summed E-state index contributed by atoms with van der Waals surface area (Å²) < 4.78 is 0. The molecule has 0 heterocycles. The summed E-state index contributed by atoms with van der Waals surface area (Å²) >= 11 is 0. The minimum Gasteiger partial charge on any atom is -0.317 e. The zero-order valence-corrected chi connectivity index (χ0v) is 7.71. The van der Waals surface area contributed by atoms with Crippen LogP contribution in [0.1, 0.15) is 32.6 Å². The molecule has 0 radical (unpaired) electrons. The third-order valence-corrected chi connectivity index (χ3v) is 2.48. The lowest BCUT2D eigenvalue weighted by molar-refractivity contribution is 0.294. The first-order chi connectivity index (χ1) is 4.34. The van der Waals surface area contributed by atoms with Crippen LogP contribution in [0.3, 0.4) is 0 Å². The van der Waals surface area contributed by atoms with Crippen LogP contribution < -0.4 is 5.32 Å². The van der Waals surface area contributed by atoms with Crippen molar-refractivity contribution in [3.63, 3.8) is 0 Å². The molecule has 0 aromatic rings. The van der Waals surface area contributed by atoms with E-state index in [9.17, 15) is 0 Å². The standard InChI is InChI=1S/C8H17N.ClH/c1-7-5-3-4-6-8(7)9-2;/h7-9H,3-6H2,1-2H3;1H/t7-,8+;/m1./s1. The molecule has 62 valence electrons. The highest BCUT2D eigenvalue weighted by atomic mass is 35.5. The predicted molar refractivity (Wildman–Crippen MR) is 47.7 cm³/mol. The molecule has 0 aliphatic heterocycles. The second-order valence-electron chi connectivity index (χ2n) is 3.16.